The van der Waals surface area contributed by atoms with Crippen LogP contribution in [0.15, 0.2) is 18.2 Å². The Bertz CT molecular complexity index is 394. The molecule has 0 atom stereocenters. The van der Waals surface area contributed by atoms with Gasteiger partial charge in [0.25, 0.3) is 0 Å². The van der Waals surface area contributed by atoms with Gasteiger partial charge in [-0.15, -0.1) is 0 Å². The summed E-state index contributed by atoms with van der Waals surface area (Å²) >= 11 is 11.8. The maximum atomic E-state index is 5.95. The van der Waals surface area contributed by atoms with Gasteiger partial charge in [-0.1, -0.05) is 41.1 Å². The second-order valence-electron chi connectivity index (χ2n) is 3.57. The van der Waals surface area contributed by atoms with Gasteiger partial charge in [-0.2, -0.15) is 0 Å². The molecule has 0 aliphatic heterocycles. The van der Waals surface area contributed by atoms with Gasteiger partial charge < -0.3 is 5.73 Å². The van der Waals surface area contributed by atoms with Gasteiger partial charge in [-0.05, 0) is 26.0 Å². The fourth-order valence-electron chi connectivity index (χ4n) is 0.829. The molecule has 1 aromatic carbocycles. The second kappa shape index (κ2) is 4.23. The van der Waals surface area contributed by atoms with E-state index in [9.17, 15) is 0 Å². The van der Waals surface area contributed by atoms with Crippen LogP contribution in [0.3, 0.4) is 0 Å². The van der Waals surface area contributed by atoms with E-state index >= 15 is 0 Å². The van der Waals surface area contributed by atoms with E-state index in [4.69, 9.17) is 28.9 Å². The van der Waals surface area contributed by atoms with E-state index in [1.807, 2.05) is 26.0 Å². The van der Waals surface area contributed by atoms with Crippen molar-refractivity contribution in [3.05, 3.63) is 33.8 Å². The summed E-state index contributed by atoms with van der Waals surface area (Å²) in [5.74, 6) is 5.79. The third kappa shape index (κ3) is 3.23. The molecule has 0 aromatic heterocycles. The molecule has 0 radical (unpaired) electrons. The van der Waals surface area contributed by atoms with Crippen molar-refractivity contribution in [2.24, 2.45) is 5.73 Å². The number of halogens is 2. The van der Waals surface area contributed by atoms with Crippen molar-refractivity contribution in [2.45, 2.75) is 19.4 Å². The van der Waals surface area contributed by atoms with Crippen molar-refractivity contribution in [2.75, 3.05) is 0 Å². The van der Waals surface area contributed by atoms with Gasteiger partial charge in [0.15, 0.2) is 0 Å². The summed E-state index contributed by atoms with van der Waals surface area (Å²) in [5.41, 5.74) is 5.91. The molecule has 0 heterocycles. The summed E-state index contributed by atoms with van der Waals surface area (Å²) in [6.07, 6.45) is 0. The highest BCUT2D eigenvalue weighted by molar-refractivity contribution is 6.42. The number of hydrogen-bond acceptors (Lipinski definition) is 1. The van der Waals surface area contributed by atoms with E-state index in [2.05, 4.69) is 11.8 Å². The largest absolute Gasteiger partial charge is 0.316 e. The van der Waals surface area contributed by atoms with E-state index in [0.717, 1.165) is 0 Å². The molecule has 0 saturated carbocycles. The normalized spacial score (nSPS) is 10.6. The van der Waals surface area contributed by atoms with E-state index in [1.54, 1.807) is 6.07 Å². The van der Waals surface area contributed by atoms with Gasteiger partial charge in [0.1, 0.15) is 0 Å². The smallest absolute Gasteiger partial charge is 0.0748 e. The van der Waals surface area contributed by atoms with Gasteiger partial charge in [0, 0.05) is 5.56 Å². The van der Waals surface area contributed by atoms with Crippen LogP contribution >= 0.6 is 23.2 Å². The number of rotatable bonds is 0. The van der Waals surface area contributed by atoms with E-state index in [-0.39, 0.29) is 0 Å². The van der Waals surface area contributed by atoms with Crippen LogP contribution in [0.2, 0.25) is 10.0 Å². The fourth-order valence-corrected chi connectivity index (χ4v) is 1.18. The average Bonchev–Trinajstić information content (AvgIpc) is 2.06. The van der Waals surface area contributed by atoms with Gasteiger partial charge in [-0.3, -0.25) is 0 Å². The molecule has 0 aliphatic carbocycles. The number of hydrogen-bond donors (Lipinski definition) is 1. The summed E-state index contributed by atoms with van der Waals surface area (Å²) < 4.78 is 0. The van der Waals surface area contributed by atoms with Crippen molar-refractivity contribution in [3.63, 3.8) is 0 Å². The highest BCUT2D eigenvalue weighted by Gasteiger charge is 2.05. The standard InChI is InChI=1S/C11H11Cl2N/c1-11(2,14)7-6-8-4-3-5-9(12)10(8)13/h3-5H,14H2,1-2H3. The highest BCUT2D eigenvalue weighted by Crippen LogP contribution is 2.24. The van der Waals surface area contributed by atoms with Gasteiger partial charge in [-0.25, -0.2) is 0 Å². The molecule has 1 aromatic rings. The van der Waals surface area contributed by atoms with Gasteiger partial charge >= 0.3 is 0 Å². The van der Waals surface area contributed by atoms with Crippen LogP contribution in [0.1, 0.15) is 19.4 Å². The van der Waals surface area contributed by atoms with Crippen LogP contribution in [0.4, 0.5) is 0 Å². The summed E-state index contributed by atoms with van der Waals surface area (Å²) in [7, 11) is 0. The Morgan fingerprint density at radius 2 is 1.93 bits per heavy atom. The second-order valence-corrected chi connectivity index (χ2v) is 4.36. The number of nitrogens with two attached hydrogens (primary N) is 1. The highest BCUT2D eigenvalue weighted by atomic mass is 35.5. The minimum Gasteiger partial charge on any atom is -0.316 e. The van der Waals surface area contributed by atoms with Crippen LogP contribution < -0.4 is 5.73 Å². The summed E-state index contributed by atoms with van der Waals surface area (Å²) in [4.78, 5) is 0. The third-order valence-electron chi connectivity index (χ3n) is 1.47. The first-order chi connectivity index (χ1) is 6.40. The van der Waals surface area contributed by atoms with Crippen LogP contribution in [0.5, 0.6) is 0 Å². The molecule has 0 saturated heterocycles. The minimum absolute atomic E-state index is 0.478. The van der Waals surface area contributed by atoms with Gasteiger partial charge in [0.05, 0.1) is 15.6 Å². The maximum absolute atomic E-state index is 5.95. The van der Waals surface area contributed by atoms with Crippen LogP contribution in [-0.2, 0) is 0 Å². The van der Waals surface area contributed by atoms with E-state index < -0.39 is 5.54 Å². The zero-order valence-corrected chi connectivity index (χ0v) is 9.58. The van der Waals surface area contributed by atoms with Crippen LogP contribution in [0.25, 0.3) is 0 Å². The molecule has 0 amide bonds. The molecule has 0 aliphatic rings. The zero-order chi connectivity index (χ0) is 10.8. The lowest BCUT2D eigenvalue weighted by Gasteiger charge is -2.07. The lowest BCUT2D eigenvalue weighted by atomic mass is 10.1. The average molecular weight is 228 g/mol. The first kappa shape index (κ1) is 11.4. The summed E-state index contributed by atoms with van der Waals surface area (Å²) in [5, 5.41) is 0.985. The first-order valence-corrected chi connectivity index (χ1v) is 4.92. The maximum Gasteiger partial charge on any atom is 0.0748 e. The lowest BCUT2D eigenvalue weighted by Crippen LogP contribution is -2.29. The molecule has 3 heteroatoms. The predicted molar refractivity (Wildman–Crippen MR) is 61.6 cm³/mol. The number of benzene rings is 1. The predicted octanol–water partition coefficient (Wildman–Crippen LogP) is 3.08. The van der Waals surface area contributed by atoms with Crippen LogP contribution in [-0.4, -0.2) is 5.54 Å². The lowest BCUT2D eigenvalue weighted by molar-refractivity contribution is 0.680. The molecule has 1 rings (SSSR count). The molecule has 0 fully saturated rings. The van der Waals surface area contributed by atoms with E-state index in [1.165, 1.54) is 0 Å². The molecule has 0 bridgehead atoms. The van der Waals surface area contributed by atoms with Crippen molar-refractivity contribution in [1.82, 2.24) is 0 Å². The summed E-state index contributed by atoms with van der Waals surface area (Å²) in [6, 6.07) is 5.34. The van der Waals surface area contributed by atoms with E-state index in [0.29, 0.717) is 15.6 Å². The van der Waals surface area contributed by atoms with Crippen molar-refractivity contribution in [1.29, 1.82) is 0 Å². The first-order valence-electron chi connectivity index (χ1n) is 4.16. The Morgan fingerprint density at radius 3 is 2.50 bits per heavy atom. The van der Waals surface area contributed by atoms with Crippen molar-refractivity contribution in [3.8, 4) is 11.8 Å². The SMILES string of the molecule is CC(C)(N)C#Cc1cccc(Cl)c1Cl. The van der Waals surface area contributed by atoms with Crippen molar-refractivity contribution >= 4 is 23.2 Å². The minimum atomic E-state index is -0.522. The molecule has 14 heavy (non-hydrogen) atoms. The monoisotopic (exact) mass is 227 g/mol. The fraction of sp³-hybridized carbons (Fsp3) is 0.273. The molecule has 74 valence electrons. The summed E-state index contributed by atoms with van der Waals surface area (Å²) in [6.45, 7) is 3.66. The quantitative estimate of drug-likeness (QED) is 0.678. The Kier molecular flexibility index (Phi) is 3.44. The Hall–Kier alpha value is -0.680. The molecular weight excluding hydrogens is 217 g/mol. The Morgan fingerprint density at radius 1 is 1.29 bits per heavy atom. The third-order valence-corrected chi connectivity index (χ3v) is 2.29. The Balaban J connectivity index is 3.08. The molecule has 0 spiro atoms. The van der Waals surface area contributed by atoms with Crippen molar-refractivity contribution < 1.29 is 0 Å². The Labute approximate surface area is 94.2 Å². The van der Waals surface area contributed by atoms with Crippen LogP contribution in [0, 0.1) is 11.8 Å². The molecular formula is C11H11Cl2N. The van der Waals surface area contributed by atoms with Gasteiger partial charge in [0.2, 0.25) is 0 Å². The molecule has 1 nitrogen and oxygen atoms in total. The molecule has 0 unspecified atom stereocenters. The molecule has 2 N–H and O–H groups in total. The topological polar surface area (TPSA) is 26.0 Å². The zero-order valence-electron chi connectivity index (χ0n) is 8.07.